The molecule has 0 spiro atoms. The number of allylic oxidation sites excluding steroid dienone is 1. The number of ether oxygens (including phenoxy) is 2. The van der Waals surface area contributed by atoms with Crippen molar-refractivity contribution in [3.8, 4) is 0 Å². The van der Waals surface area contributed by atoms with E-state index in [0.29, 0.717) is 25.0 Å². The van der Waals surface area contributed by atoms with E-state index in [1.165, 1.54) is 0 Å². The monoisotopic (exact) mass is 196 g/mol. The van der Waals surface area contributed by atoms with Crippen LogP contribution in [-0.2, 0) is 14.3 Å². The molecular weight excluding hydrogens is 180 g/mol. The summed E-state index contributed by atoms with van der Waals surface area (Å²) < 4.78 is 10.7. The van der Waals surface area contributed by atoms with Gasteiger partial charge in [-0.1, -0.05) is 6.08 Å². The van der Waals surface area contributed by atoms with Crippen LogP contribution in [0.2, 0.25) is 0 Å². The van der Waals surface area contributed by atoms with Crippen LogP contribution in [0.15, 0.2) is 12.7 Å². The molecule has 14 heavy (non-hydrogen) atoms. The Bertz CT molecular complexity index is 237. The molecule has 3 heteroatoms. The van der Waals surface area contributed by atoms with E-state index >= 15 is 0 Å². The lowest BCUT2D eigenvalue weighted by Crippen LogP contribution is -2.24. The molecule has 0 radical (unpaired) electrons. The molecule has 1 saturated heterocycles. The van der Waals surface area contributed by atoms with Crippen LogP contribution < -0.4 is 0 Å². The Balaban J connectivity index is 1.68. The molecule has 2 fully saturated rings. The molecule has 2 aliphatic rings. The molecule has 0 bridgehead atoms. The van der Waals surface area contributed by atoms with E-state index in [4.69, 9.17) is 9.47 Å². The van der Waals surface area contributed by atoms with Gasteiger partial charge in [-0.3, -0.25) is 4.79 Å². The van der Waals surface area contributed by atoms with Gasteiger partial charge < -0.3 is 9.47 Å². The van der Waals surface area contributed by atoms with Crippen LogP contribution in [0.5, 0.6) is 0 Å². The molecule has 0 amide bonds. The molecule has 1 aliphatic heterocycles. The fourth-order valence-corrected chi connectivity index (χ4v) is 1.94. The molecule has 0 N–H and O–H groups in total. The van der Waals surface area contributed by atoms with Gasteiger partial charge in [0.25, 0.3) is 0 Å². The minimum absolute atomic E-state index is 0.0936. The van der Waals surface area contributed by atoms with Crippen LogP contribution in [0.25, 0.3) is 0 Å². The molecule has 3 unspecified atom stereocenters. The Morgan fingerprint density at radius 3 is 3.07 bits per heavy atom. The lowest BCUT2D eigenvalue weighted by molar-refractivity contribution is -0.150. The summed E-state index contributed by atoms with van der Waals surface area (Å²) in [4.78, 5) is 11.3. The van der Waals surface area contributed by atoms with Crippen LogP contribution in [-0.4, -0.2) is 24.3 Å². The van der Waals surface area contributed by atoms with Gasteiger partial charge in [0, 0.05) is 12.8 Å². The van der Waals surface area contributed by atoms with Crippen LogP contribution >= 0.6 is 0 Å². The first-order chi connectivity index (χ1) is 6.79. The predicted octanol–water partition coefficient (Wildman–Crippen LogP) is 1.82. The first-order valence-electron chi connectivity index (χ1n) is 5.25. The van der Waals surface area contributed by atoms with E-state index in [-0.39, 0.29) is 12.1 Å². The number of fused-ring (bicyclic) bond motifs is 1. The van der Waals surface area contributed by atoms with Gasteiger partial charge in [0.15, 0.2) is 0 Å². The fraction of sp³-hybridized carbons (Fsp3) is 0.727. The zero-order valence-electron chi connectivity index (χ0n) is 8.28. The van der Waals surface area contributed by atoms with Crippen molar-refractivity contribution in [3.05, 3.63) is 12.7 Å². The number of rotatable bonds is 4. The molecule has 0 aromatic heterocycles. The van der Waals surface area contributed by atoms with Gasteiger partial charge in [-0.05, 0) is 19.3 Å². The van der Waals surface area contributed by atoms with E-state index in [1.54, 1.807) is 6.08 Å². The topological polar surface area (TPSA) is 38.8 Å². The quantitative estimate of drug-likeness (QED) is 0.391. The van der Waals surface area contributed by atoms with E-state index in [1.807, 2.05) is 0 Å². The van der Waals surface area contributed by atoms with Crippen molar-refractivity contribution in [1.29, 1.82) is 0 Å². The van der Waals surface area contributed by atoms with E-state index < -0.39 is 0 Å². The minimum Gasteiger partial charge on any atom is -0.462 e. The fourth-order valence-electron chi connectivity index (χ4n) is 1.94. The Morgan fingerprint density at radius 2 is 2.36 bits per heavy atom. The number of carbonyl (C=O) groups is 1. The number of hydrogen-bond acceptors (Lipinski definition) is 3. The Labute approximate surface area is 84.1 Å². The molecule has 78 valence electrons. The third-order valence-corrected chi connectivity index (χ3v) is 2.81. The average molecular weight is 196 g/mol. The molecule has 2 rings (SSSR count). The van der Waals surface area contributed by atoms with Gasteiger partial charge in [-0.2, -0.15) is 0 Å². The first kappa shape index (κ1) is 9.71. The normalized spacial score (nSPS) is 34.4. The largest absolute Gasteiger partial charge is 0.462 e. The summed E-state index contributed by atoms with van der Waals surface area (Å²) in [5, 5.41) is 0. The van der Waals surface area contributed by atoms with Gasteiger partial charge in [0.05, 0.1) is 12.2 Å². The second-order valence-electron chi connectivity index (χ2n) is 3.97. The highest BCUT2D eigenvalue weighted by molar-refractivity contribution is 5.69. The van der Waals surface area contributed by atoms with E-state index in [2.05, 4.69) is 6.58 Å². The molecule has 1 heterocycles. The van der Waals surface area contributed by atoms with Gasteiger partial charge in [-0.15, -0.1) is 6.58 Å². The predicted molar refractivity (Wildman–Crippen MR) is 51.8 cm³/mol. The molecule has 1 saturated carbocycles. The van der Waals surface area contributed by atoms with Gasteiger partial charge >= 0.3 is 5.97 Å². The van der Waals surface area contributed by atoms with Crippen molar-refractivity contribution in [2.45, 2.75) is 50.4 Å². The zero-order valence-corrected chi connectivity index (χ0v) is 8.28. The third kappa shape index (κ3) is 2.35. The van der Waals surface area contributed by atoms with Crippen LogP contribution in [0.4, 0.5) is 0 Å². The second-order valence-corrected chi connectivity index (χ2v) is 3.97. The van der Waals surface area contributed by atoms with Crippen LogP contribution in [0.3, 0.4) is 0 Å². The summed E-state index contributed by atoms with van der Waals surface area (Å²) in [6.45, 7) is 3.57. The molecule has 0 aromatic carbocycles. The summed E-state index contributed by atoms with van der Waals surface area (Å²) in [7, 11) is 0. The number of epoxide rings is 1. The van der Waals surface area contributed by atoms with Crippen molar-refractivity contribution < 1.29 is 14.3 Å². The zero-order chi connectivity index (χ0) is 9.97. The smallest absolute Gasteiger partial charge is 0.306 e. The molecule has 3 atom stereocenters. The van der Waals surface area contributed by atoms with E-state index in [0.717, 1.165) is 19.3 Å². The van der Waals surface area contributed by atoms with E-state index in [9.17, 15) is 4.79 Å². The summed E-state index contributed by atoms with van der Waals surface area (Å²) in [6.07, 6.45) is 6.73. The highest BCUT2D eigenvalue weighted by Crippen LogP contribution is 2.37. The van der Waals surface area contributed by atoms with Crippen LogP contribution in [0, 0.1) is 0 Å². The Kier molecular flexibility index (Phi) is 2.87. The molecule has 3 nitrogen and oxygen atoms in total. The molecule has 0 aromatic rings. The second kappa shape index (κ2) is 4.13. The van der Waals surface area contributed by atoms with Gasteiger partial charge in [-0.25, -0.2) is 0 Å². The van der Waals surface area contributed by atoms with Gasteiger partial charge in [0.2, 0.25) is 0 Å². The van der Waals surface area contributed by atoms with Crippen molar-refractivity contribution in [2.24, 2.45) is 0 Å². The maximum atomic E-state index is 11.3. The lowest BCUT2D eigenvalue weighted by Gasteiger charge is -2.19. The standard InChI is InChI=1S/C11H16O3/c1-2-3-4-11(12)13-8-5-6-9-10(7-8)14-9/h2,8-10H,1,3-7H2. The molecule has 1 aliphatic carbocycles. The summed E-state index contributed by atoms with van der Waals surface area (Å²) >= 11 is 0. The van der Waals surface area contributed by atoms with Crippen molar-refractivity contribution in [2.75, 3.05) is 0 Å². The average Bonchev–Trinajstić information content (AvgIpc) is 2.92. The summed E-state index contributed by atoms with van der Waals surface area (Å²) in [5.74, 6) is -0.103. The summed E-state index contributed by atoms with van der Waals surface area (Å²) in [6, 6.07) is 0. The first-order valence-corrected chi connectivity index (χ1v) is 5.25. The maximum absolute atomic E-state index is 11.3. The van der Waals surface area contributed by atoms with Crippen LogP contribution in [0.1, 0.15) is 32.1 Å². The van der Waals surface area contributed by atoms with Gasteiger partial charge in [0.1, 0.15) is 6.10 Å². The minimum atomic E-state index is -0.103. The SMILES string of the molecule is C=CCCC(=O)OC1CCC2OC2C1. The highest BCUT2D eigenvalue weighted by atomic mass is 16.6. The maximum Gasteiger partial charge on any atom is 0.306 e. The number of hydrogen-bond donors (Lipinski definition) is 0. The lowest BCUT2D eigenvalue weighted by atomic mass is 9.98. The number of carbonyl (C=O) groups excluding carboxylic acids is 1. The van der Waals surface area contributed by atoms with Crippen molar-refractivity contribution in [1.82, 2.24) is 0 Å². The molecular formula is C11H16O3. The Morgan fingerprint density at radius 1 is 1.50 bits per heavy atom. The van der Waals surface area contributed by atoms with Crippen molar-refractivity contribution >= 4 is 5.97 Å². The highest BCUT2D eigenvalue weighted by Gasteiger charge is 2.44. The third-order valence-electron chi connectivity index (χ3n) is 2.81. The Hall–Kier alpha value is -0.830. The number of esters is 1. The summed E-state index contributed by atoms with van der Waals surface area (Å²) in [5.41, 5.74) is 0. The van der Waals surface area contributed by atoms with Crippen molar-refractivity contribution in [3.63, 3.8) is 0 Å².